The molecule has 3 aromatic rings. The Morgan fingerprint density at radius 2 is 1.96 bits per heavy atom. The SMILES string of the molecule is COC(=O)[C@@]12C[C@@H]1/C=C\CCCCC[C@H](NC(=O)OC(C)(C)C)C(=O)N1C[C@H](Oc3ccnc4cc(-c5nccn5C)sc34)C[C@H]1C(=O)N2. The topological polar surface area (TPSA) is 154 Å². The smallest absolute Gasteiger partial charge is 0.408 e. The molecule has 262 valence electrons. The minimum Gasteiger partial charge on any atom is -0.487 e. The molecule has 1 saturated heterocycles. The number of thiophene rings is 1. The van der Waals surface area contributed by atoms with Crippen molar-refractivity contribution >= 4 is 45.4 Å². The van der Waals surface area contributed by atoms with Crippen molar-refractivity contribution in [1.29, 1.82) is 0 Å². The standard InChI is InChI=1S/C35H44N6O7S/c1-34(2,3)48-33(45)38-23-12-10-8-6-7-9-11-21-19-35(21,32(44)46-5)39-30(42)25-17-22(20-41(25)31(23)43)47-26-13-14-36-24-18-27(49-28(24)26)29-37-15-16-40(29)4/h9,11,13-16,18,21-23,25H,6-8,10,12,17,19-20H2,1-5H3,(H,38,45)(H,39,42)/b11-9-/t21-,22+,23-,25-,35+/m0/s1. The van der Waals surface area contributed by atoms with Crippen molar-refractivity contribution in [2.75, 3.05) is 13.7 Å². The van der Waals surface area contributed by atoms with E-state index in [1.54, 1.807) is 39.2 Å². The normalized spacial score (nSPS) is 26.8. The molecule has 0 aromatic carbocycles. The lowest BCUT2D eigenvalue weighted by Crippen LogP contribution is -2.56. The molecular weight excluding hydrogens is 648 g/mol. The molecule has 2 fully saturated rings. The number of rotatable bonds is 5. The molecule has 0 bridgehead atoms. The van der Waals surface area contributed by atoms with E-state index in [4.69, 9.17) is 14.2 Å². The van der Waals surface area contributed by atoms with Gasteiger partial charge < -0.3 is 34.3 Å². The fourth-order valence-electron chi connectivity index (χ4n) is 6.67. The number of alkyl carbamates (subject to hydrolysis) is 1. The number of carbonyl (C=O) groups excluding carboxylic acids is 4. The van der Waals surface area contributed by atoms with Gasteiger partial charge in [0, 0.05) is 38.0 Å². The van der Waals surface area contributed by atoms with Gasteiger partial charge in [0.1, 0.15) is 40.9 Å². The summed E-state index contributed by atoms with van der Waals surface area (Å²) in [4.78, 5) is 65.8. The molecule has 14 heteroatoms. The van der Waals surface area contributed by atoms with Crippen molar-refractivity contribution in [2.45, 2.75) is 95.0 Å². The molecular formula is C35H44N6O7S. The number of nitrogens with zero attached hydrogens (tertiary/aromatic N) is 4. The second-order valence-electron chi connectivity index (χ2n) is 14.0. The van der Waals surface area contributed by atoms with Crippen LogP contribution in [0.2, 0.25) is 0 Å². The number of imidazole rings is 1. The highest BCUT2D eigenvalue weighted by atomic mass is 32.1. The second-order valence-corrected chi connectivity index (χ2v) is 15.1. The maximum atomic E-state index is 14.3. The Kier molecular flexibility index (Phi) is 9.70. The molecule has 2 N–H and O–H groups in total. The lowest BCUT2D eigenvalue weighted by molar-refractivity contribution is -0.148. The third-order valence-corrected chi connectivity index (χ3v) is 10.3. The Hall–Kier alpha value is -4.46. The van der Waals surface area contributed by atoms with Gasteiger partial charge in [-0.2, -0.15) is 0 Å². The molecule has 3 amide bonds. The highest BCUT2D eigenvalue weighted by Crippen LogP contribution is 2.46. The van der Waals surface area contributed by atoms with Gasteiger partial charge in [0.2, 0.25) is 11.8 Å². The highest BCUT2D eigenvalue weighted by molar-refractivity contribution is 7.22. The van der Waals surface area contributed by atoms with Crippen LogP contribution in [0.1, 0.15) is 65.7 Å². The average molecular weight is 693 g/mol. The van der Waals surface area contributed by atoms with E-state index in [2.05, 4.69) is 20.6 Å². The first-order chi connectivity index (χ1) is 23.4. The number of aryl methyl sites for hydroxylation is 1. The van der Waals surface area contributed by atoms with Crippen molar-refractivity contribution in [3.63, 3.8) is 0 Å². The van der Waals surface area contributed by atoms with E-state index in [0.29, 0.717) is 25.0 Å². The van der Waals surface area contributed by atoms with Gasteiger partial charge in [0.25, 0.3) is 0 Å². The number of amides is 3. The van der Waals surface area contributed by atoms with Gasteiger partial charge in [-0.3, -0.25) is 14.6 Å². The van der Waals surface area contributed by atoms with Gasteiger partial charge in [-0.25, -0.2) is 14.6 Å². The van der Waals surface area contributed by atoms with Gasteiger partial charge in [-0.1, -0.05) is 25.0 Å². The maximum Gasteiger partial charge on any atom is 0.408 e. The fraction of sp³-hybridized carbons (Fsp3) is 0.543. The van der Waals surface area contributed by atoms with Crippen LogP contribution < -0.4 is 15.4 Å². The lowest BCUT2D eigenvalue weighted by Gasteiger charge is -2.30. The van der Waals surface area contributed by atoms with Gasteiger partial charge >= 0.3 is 12.1 Å². The molecule has 3 aromatic heterocycles. The average Bonchev–Trinajstić information content (AvgIpc) is 3.41. The van der Waals surface area contributed by atoms with Crippen molar-refractivity contribution < 1.29 is 33.4 Å². The number of ether oxygens (including phenoxy) is 3. The number of aromatic nitrogens is 3. The molecule has 49 heavy (non-hydrogen) atoms. The number of carbonyl (C=O) groups is 4. The Balaban J connectivity index is 1.30. The van der Waals surface area contributed by atoms with E-state index in [-0.39, 0.29) is 18.9 Å². The van der Waals surface area contributed by atoms with Gasteiger partial charge in [0.15, 0.2) is 0 Å². The number of hydrogen-bond donors (Lipinski definition) is 2. The van der Waals surface area contributed by atoms with Crippen LogP contribution in [0.5, 0.6) is 5.75 Å². The van der Waals surface area contributed by atoms with E-state index in [0.717, 1.165) is 40.2 Å². The van der Waals surface area contributed by atoms with Crippen molar-refractivity contribution in [3.8, 4) is 16.5 Å². The van der Waals surface area contributed by atoms with Crippen LogP contribution >= 0.6 is 11.3 Å². The van der Waals surface area contributed by atoms with E-state index in [1.807, 2.05) is 36.0 Å². The zero-order valence-electron chi connectivity index (χ0n) is 28.6. The van der Waals surface area contributed by atoms with Crippen LogP contribution in [0.25, 0.3) is 20.9 Å². The van der Waals surface area contributed by atoms with Crippen molar-refractivity contribution in [1.82, 2.24) is 30.1 Å². The van der Waals surface area contributed by atoms with Crippen LogP contribution in [0.15, 0.2) is 42.9 Å². The van der Waals surface area contributed by atoms with Gasteiger partial charge in [0.05, 0.1) is 28.7 Å². The summed E-state index contributed by atoms with van der Waals surface area (Å²) in [6.07, 6.45) is 12.2. The molecule has 6 rings (SSSR count). The third kappa shape index (κ3) is 7.43. The molecule has 0 unspecified atom stereocenters. The van der Waals surface area contributed by atoms with Crippen molar-refractivity contribution in [3.05, 3.63) is 42.9 Å². The number of pyridine rings is 1. The number of hydrogen-bond acceptors (Lipinski definition) is 10. The summed E-state index contributed by atoms with van der Waals surface area (Å²) >= 11 is 1.50. The summed E-state index contributed by atoms with van der Waals surface area (Å²) in [5, 5.41) is 5.74. The second kappa shape index (κ2) is 13.8. The number of allylic oxidation sites excluding steroid dienone is 1. The maximum absolute atomic E-state index is 14.3. The molecule has 0 radical (unpaired) electrons. The number of methoxy groups -OCH3 is 1. The Bertz CT molecular complexity index is 1760. The van der Waals surface area contributed by atoms with Crippen LogP contribution in [0.4, 0.5) is 4.79 Å². The minimum absolute atomic E-state index is 0.0966. The van der Waals surface area contributed by atoms with Crippen LogP contribution in [-0.2, 0) is 30.9 Å². The highest BCUT2D eigenvalue weighted by Gasteiger charge is 2.62. The molecule has 13 nitrogen and oxygen atoms in total. The first kappa shape index (κ1) is 34.4. The monoisotopic (exact) mass is 692 g/mol. The summed E-state index contributed by atoms with van der Waals surface area (Å²) in [6, 6.07) is 1.86. The predicted octanol–water partition coefficient (Wildman–Crippen LogP) is 4.51. The molecule has 5 heterocycles. The molecule has 2 aliphatic heterocycles. The molecule has 1 aliphatic carbocycles. The Morgan fingerprint density at radius 1 is 1.14 bits per heavy atom. The zero-order valence-corrected chi connectivity index (χ0v) is 29.4. The fourth-order valence-corrected chi connectivity index (χ4v) is 7.78. The molecule has 0 spiro atoms. The summed E-state index contributed by atoms with van der Waals surface area (Å²) in [5.41, 5.74) is -1.21. The first-order valence-electron chi connectivity index (χ1n) is 16.8. The number of nitrogens with one attached hydrogen (secondary N) is 2. The van der Waals surface area contributed by atoms with Crippen LogP contribution in [-0.4, -0.2) is 86.3 Å². The van der Waals surface area contributed by atoms with Crippen molar-refractivity contribution in [2.24, 2.45) is 13.0 Å². The molecule has 1 saturated carbocycles. The summed E-state index contributed by atoms with van der Waals surface area (Å²) in [7, 11) is 3.23. The Morgan fingerprint density at radius 3 is 2.69 bits per heavy atom. The van der Waals surface area contributed by atoms with Gasteiger partial charge in [-0.05, 0) is 58.6 Å². The lowest BCUT2D eigenvalue weighted by atomic mass is 10.0. The largest absolute Gasteiger partial charge is 0.487 e. The zero-order chi connectivity index (χ0) is 34.9. The first-order valence-corrected chi connectivity index (χ1v) is 17.6. The quantitative estimate of drug-likeness (QED) is 0.291. The van der Waals surface area contributed by atoms with E-state index in [1.165, 1.54) is 23.3 Å². The summed E-state index contributed by atoms with van der Waals surface area (Å²) in [6.45, 7) is 5.37. The predicted molar refractivity (Wildman–Crippen MR) is 183 cm³/mol. The van der Waals surface area contributed by atoms with Crippen LogP contribution in [0.3, 0.4) is 0 Å². The summed E-state index contributed by atoms with van der Waals surface area (Å²) in [5.74, 6) is -0.215. The van der Waals surface area contributed by atoms with Crippen LogP contribution in [0, 0.1) is 5.92 Å². The van der Waals surface area contributed by atoms with E-state index >= 15 is 0 Å². The molecule has 5 atom stereocenters. The molecule has 3 aliphatic rings. The van der Waals surface area contributed by atoms with E-state index < -0.39 is 53.2 Å². The minimum atomic E-state index is -1.19. The number of fused-ring (bicyclic) bond motifs is 3. The van der Waals surface area contributed by atoms with Gasteiger partial charge in [-0.15, -0.1) is 11.3 Å². The third-order valence-electron chi connectivity index (χ3n) is 9.19. The Labute approximate surface area is 289 Å². The van der Waals surface area contributed by atoms with E-state index in [9.17, 15) is 19.2 Å². The number of esters is 1. The summed E-state index contributed by atoms with van der Waals surface area (Å²) < 4.78 is 19.9.